The summed E-state index contributed by atoms with van der Waals surface area (Å²) < 4.78 is 13.0. The Hall–Kier alpha value is -3.00. The number of carbonyl (C=O) groups is 2. The van der Waals surface area contributed by atoms with Crippen molar-refractivity contribution >= 4 is 34.8 Å². The number of halogens is 2. The second-order valence-corrected chi connectivity index (χ2v) is 6.62. The molecule has 7 nitrogen and oxygen atoms in total. The van der Waals surface area contributed by atoms with E-state index in [9.17, 15) is 24.1 Å². The lowest BCUT2D eigenvalue weighted by Gasteiger charge is -2.17. The number of benzene rings is 2. The monoisotopic (exact) mass is 391 g/mol. The highest BCUT2D eigenvalue weighted by molar-refractivity contribution is 6.31. The first-order chi connectivity index (χ1) is 12.8. The van der Waals surface area contributed by atoms with Crippen LogP contribution in [0.2, 0.25) is 5.02 Å². The number of hydrogen-bond donors (Lipinski definition) is 1. The third-order valence-electron chi connectivity index (χ3n) is 4.29. The van der Waals surface area contributed by atoms with Crippen LogP contribution in [0, 0.1) is 21.8 Å². The Bertz CT molecular complexity index is 904. The van der Waals surface area contributed by atoms with Crippen LogP contribution >= 0.6 is 11.6 Å². The molecule has 9 heteroatoms. The maximum atomic E-state index is 13.0. The zero-order valence-corrected chi connectivity index (χ0v) is 14.8. The summed E-state index contributed by atoms with van der Waals surface area (Å²) in [5, 5.41) is 13.9. The van der Waals surface area contributed by atoms with E-state index in [1.807, 2.05) is 0 Å². The number of rotatable bonds is 5. The van der Waals surface area contributed by atoms with Crippen molar-refractivity contribution in [3.05, 3.63) is 69.0 Å². The van der Waals surface area contributed by atoms with Gasteiger partial charge in [-0.15, -0.1) is 0 Å². The first-order valence-corrected chi connectivity index (χ1v) is 8.51. The topological polar surface area (TPSA) is 92.6 Å². The van der Waals surface area contributed by atoms with Crippen LogP contribution in [0.5, 0.6) is 0 Å². The van der Waals surface area contributed by atoms with Gasteiger partial charge in [-0.25, -0.2) is 4.39 Å². The van der Waals surface area contributed by atoms with Gasteiger partial charge in [0.15, 0.2) is 0 Å². The summed E-state index contributed by atoms with van der Waals surface area (Å²) in [4.78, 5) is 36.5. The van der Waals surface area contributed by atoms with Crippen molar-refractivity contribution in [2.45, 2.75) is 6.42 Å². The minimum Gasteiger partial charge on any atom is -0.351 e. The van der Waals surface area contributed by atoms with Gasteiger partial charge in [-0.3, -0.25) is 19.7 Å². The quantitative estimate of drug-likeness (QED) is 0.625. The Morgan fingerprint density at radius 3 is 2.67 bits per heavy atom. The van der Waals surface area contributed by atoms with Crippen LogP contribution in [0.25, 0.3) is 0 Å². The van der Waals surface area contributed by atoms with Crippen LogP contribution in [0.4, 0.5) is 15.8 Å². The molecule has 1 unspecified atom stereocenters. The third-order valence-corrected chi connectivity index (χ3v) is 4.53. The summed E-state index contributed by atoms with van der Waals surface area (Å²) in [5.74, 6) is -1.31. The van der Waals surface area contributed by atoms with Crippen molar-refractivity contribution in [3.8, 4) is 0 Å². The molecule has 0 radical (unpaired) electrons. The van der Waals surface area contributed by atoms with E-state index in [4.69, 9.17) is 11.6 Å². The Morgan fingerprint density at radius 1 is 1.30 bits per heavy atom. The number of nitro groups is 1. The van der Waals surface area contributed by atoms with Crippen LogP contribution in [-0.2, 0) is 4.79 Å². The summed E-state index contributed by atoms with van der Waals surface area (Å²) in [6.07, 6.45) is 0.218. The SMILES string of the molecule is O=C(NCC1CC(=O)N(c2ccc(F)cc2)C1)c1cc(Cl)ccc1[N+](=O)[O-]. The first kappa shape index (κ1) is 18.8. The van der Waals surface area contributed by atoms with Gasteiger partial charge in [-0.05, 0) is 36.4 Å². The van der Waals surface area contributed by atoms with Crippen molar-refractivity contribution in [2.75, 3.05) is 18.0 Å². The average Bonchev–Trinajstić information content (AvgIpc) is 3.00. The van der Waals surface area contributed by atoms with E-state index in [2.05, 4.69) is 5.32 Å². The van der Waals surface area contributed by atoms with Crippen LogP contribution in [0.1, 0.15) is 16.8 Å². The van der Waals surface area contributed by atoms with E-state index in [0.717, 1.165) is 0 Å². The lowest BCUT2D eigenvalue weighted by atomic mass is 10.1. The lowest BCUT2D eigenvalue weighted by Crippen LogP contribution is -2.31. The summed E-state index contributed by atoms with van der Waals surface area (Å²) in [7, 11) is 0. The van der Waals surface area contributed by atoms with Gasteiger partial charge >= 0.3 is 0 Å². The zero-order chi connectivity index (χ0) is 19.6. The highest BCUT2D eigenvalue weighted by Gasteiger charge is 2.31. The van der Waals surface area contributed by atoms with Crippen LogP contribution in [-0.4, -0.2) is 29.8 Å². The molecule has 1 saturated heterocycles. The van der Waals surface area contributed by atoms with E-state index in [1.165, 1.54) is 47.4 Å². The van der Waals surface area contributed by atoms with Crippen molar-refractivity contribution in [1.29, 1.82) is 0 Å². The van der Waals surface area contributed by atoms with Crippen molar-refractivity contribution in [1.82, 2.24) is 5.32 Å². The molecule has 1 aliphatic rings. The molecule has 0 aromatic heterocycles. The summed E-state index contributed by atoms with van der Waals surface area (Å²) in [6.45, 7) is 0.536. The second kappa shape index (κ2) is 7.71. The fraction of sp³-hybridized carbons (Fsp3) is 0.222. The Kier molecular flexibility index (Phi) is 5.36. The molecular formula is C18H15ClFN3O4. The standard InChI is InChI=1S/C18H15ClFN3O4/c19-12-1-6-16(23(26)27)15(8-12)18(25)21-9-11-7-17(24)22(10-11)14-4-2-13(20)3-5-14/h1-6,8,11H,7,9-10H2,(H,21,25). The smallest absolute Gasteiger partial charge is 0.282 e. The maximum absolute atomic E-state index is 13.0. The van der Waals surface area contributed by atoms with E-state index in [0.29, 0.717) is 12.2 Å². The average molecular weight is 392 g/mol. The first-order valence-electron chi connectivity index (χ1n) is 8.13. The lowest BCUT2D eigenvalue weighted by molar-refractivity contribution is -0.385. The Balaban J connectivity index is 1.65. The normalized spacial score (nSPS) is 16.4. The largest absolute Gasteiger partial charge is 0.351 e. The zero-order valence-electron chi connectivity index (χ0n) is 14.0. The van der Waals surface area contributed by atoms with E-state index in [-0.39, 0.29) is 41.1 Å². The van der Waals surface area contributed by atoms with E-state index in [1.54, 1.807) is 0 Å². The number of amides is 2. The van der Waals surface area contributed by atoms with E-state index < -0.39 is 16.6 Å². The van der Waals surface area contributed by atoms with Gasteiger partial charge in [0.25, 0.3) is 11.6 Å². The predicted molar refractivity (Wildman–Crippen MR) is 97.3 cm³/mol. The van der Waals surface area contributed by atoms with Crippen molar-refractivity contribution in [2.24, 2.45) is 5.92 Å². The molecule has 2 aromatic rings. The molecule has 2 aromatic carbocycles. The van der Waals surface area contributed by atoms with E-state index >= 15 is 0 Å². The highest BCUT2D eigenvalue weighted by atomic mass is 35.5. The molecule has 3 rings (SSSR count). The van der Waals surface area contributed by atoms with Gasteiger partial charge in [0.05, 0.1) is 4.92 Å². The fourth-order valence-corrected chi connectivity index (χ4v) is 3.14. The highest BCUT2D eigenvalue weighted by Crippen LogP contribution is 2.26. The molecule has 1 fully saturated rings. The predicted octanol–water partition coefficient (Wildman–Crippen LogP) is 3.17. The Labute approximate surface area is 158 Å². The number of nitro benzene ring substituents is 1. The van der Waals surface area contributed by atoms with Gasteiger partial charge in [0.2, 0.25) is 5.91 Å². The molecule has 0 spiro atoms. The number of carbonyl (C=O) groups excluding carboxylic acids is 2. The molecule has 1 N–H and O–H groups in total. The fourth-order valence-electron chi connectivity index (χ4n) is 2.97. The minimum absolute atomic E-state index is 0.130. The summed E-state index contributed by atoms with van der Waals surface area (Å²) in [6, 6.07) is 9.33. The number of nitrogens with zero attached hydrogens (tertiary/aromatic N) is 2. The number of hydrogen-bond acceptors (Lipinski definition) is 4. The van der Waals surface area contributed by atoms with Gasteiger partial charge in [0.1, 0.15) is 11.4 Å². The van der Waals surface area contributed by atoms with Gasteiger partial charge in [-0.1, -0.05) is 11.6 Å². The molecule has 1 atom stereocenters. The molecule has 0 saturated carbocycles. The summed E-state index contributed by atoms with van der Waals surface area (Å²) in [5.41, 5.74) is 0.111. The molecule has 140 valence electrons. The van der Waals surface area contributed by atoms with Crippen LogP contribution < -0.4 is 10.2 Å². The number of nitrogens with one attached hydrogen (secondary N) is 1. The molecular weight excluding hydrogens is 377 g/mol. The minimum atomic E-state index is -0.652. The second-order valence-electron chi connectivity index (χ2n) is 6.18. The van der Waals surface area contributed by atoms with Crippen molar-refractivity contribution in [3.63, 3.8) is 0 Å². The van der Waals surface area contributed by atoms with Crippen LogP contribution in [0.3, 0.4) is 0 Å². The number of anilines is 1. The molecule has 2 amide bonds. The Morgan fingerprint density at radius 2 is 2.00 bits per heavy atom. The van der Waals surface area contributed by atoms with Gasteiger partial charge < -0.3 is 10.2 Å². The molecule has 1 aliphatic heterocycles. The third kappa shape index (κ3) is 4.22. The van der Waals surface area contributed by atoms with Gasteiger partial charge in [-0.2, -0.15) is 0 Å². The molecule has 1 heterocycles. The molecule has 0 aliphatic carbocycles. The molecule has 27 heavy (non-hydrogen) atoms. The summed E-state index contributed by atoms with van der Waals surface area (Å²) >= 11 is 5.83. The van der Waals surface area contributed by atoms with Crippen LogP contribution in [0.15, 0.2) is 42.5 Å². The van der Waals surface area contributed by atoms with Crippen molar-refractivity contribution < 1.29 is 18.9 Å². The molecule has 0 bridgehead atoms. The van der Waals surface area contributed by atoms with Gasteiger partial charge in [0, 0.05) is 42.2 Å². The maximum Gasteiger partial charge on any atom is 0.282 e.